The molecule has 0 heterocycles. The summed E-state index contributed by atoms with van der Waals surface area (Å²) in [5.74, 6) is 6.54. The monoisotopic (exact) mass is 321 g/mol. The van der Waals surface area contributed by atoms with Gasteiger partial charge in [-0.15, -0.1) is 12.4 Å². The van der Waals surface area contributed by atoms with Gasteiger partial charge in [-0.25, -0.2) is 5.84 Å². The van der Waals surface area contributed by atoms with Crippen LogP contribution >= 0.6 is 12.4 Å². The van der Waals surface area contributed by atoms with Crippen LogP contribution in [0.2, 0.25) is 0 Å². The van der Waals surface area contributed by atoms with Gasteiger partial charge in [-0.3, -0.25) is 10.1 Å². The SMILES string of the molecule is CC(C)c1ccc(N(N)Cc2ccc([N+](=O)[O-])cc2)cc1.Cl. The van der Waals surface area contributed by atoms with Gasteiger partial charge < -0.3 is 5.01 Å². The van der Waals surface area contributed by atoms with Crippen LogP contribution in [0.15, 0.2) is 48.5 Å². The lowest BCUT2D eigenvalue weighted by atomic mass is 10.0. The molecule has 0 saturated carbocycles. The summed E-state index contributed by atoms with van der Waals surface area (Å²) in [4.78, 5) is 10.2. The van der Waals surface area contributed by atoms with Crippen LogP contribution in [0, 0.1) is 10.1 Å². The third-order valence-corrected chi connectivity index (χ3v) is 3.39. The zero-order chi connectivity index (χ0) is 15.4. The number of nitro groups is 1. The van der Waals surface area contributed by atoms with Crippen molar-refractivity contribution < 1.29 is 4.92 Å². The predicted molar refractivity (Wildman–Crippen MR) is 91.2 cm³/mol. The molecule has 0 aliphatic heterocycles. The van der Waals surface area contributed by atoms with Gasteiger partial charge in [0.25, 0.3) is 5.69 Å². The van der Waals surface area contributed by atoms with Gasteiger partial charge in [0, 0.05) is 12.1 Å². The van der Waals surface area contributed by atoms with Gasteiger partial charge in [-0.1, -0.05) is 38.1 Å². The largest absolute Gasteiger partial charge is 0.307 e. The highest BCUT2D eigenvalue weighted by Gasteiger charge is 2.07. The lowest BCUT2D eigenvalue weighted by molar-refractivity contribution is -0.384. The minimum atomic E-state index is -0.408. The highest BCUT2D eigenvalue weighted by Crippen LogP contribution is 2.20. The molecular weight excluding hydrogens is 302 g/mol. The molecule has 0 aromatic heterocycles. The van der Waals surface area contributed by atoms with Crippen molar-refractivity contribution in [1.29, 1.82) is 0 Å². The van der Waals surface area contributed by atoms with Gasteiger partial charge in [0.05, 0.1) is 17.2 Å². The van der Waals surface area contributed by atoms with Gasteiger partial charge in [0.15, 0.2) is 0 Å². The topological polar surface area (TPSA) is 72.4 Å². The minimum Gasteiger partial charge on any atom is -0.307 e. The van der Waals surface area contributed by atoms with E-state index < -0.39 is 4.92 Å². The van der Waals surface area contributed by atoms with E-state index in [2.05, 4.69) is 26.0 Å². The zero-order valence-corrected chi connectivity index (χ0v) is 13.4. The number of halogens is 1. The summed E-state index contributed by atoms with van der Waals surface area (Å²) in [7, 11) is 0. The van der Waals surface area contributed by atoms with Gasteiger partial charge in [-0.05, 0) is 29.2 Å². The number of anilines is 1. The Bertz CT molecular complexity index is 612. The number of hydrazine groups is 1. The van der Waals surface area contributed by atoms with Crippen molar-refractivity contribution in [3.05, 3.63) is 69.8 Å². The van der Waals surface area contributed by atoms with Crippen molar-refractivity contribution >= 4 is 23.8 Å². The van der Waals surface area contributed by atoms with E-state index >= 15 is 0 Å². The molecule has 0 bridgehead atoms. The van der Waals surface area contributed by atoms with E-state index in [0.717, 1.165) is 11.3 Å². The summed E-state index contributed by atoms with van der Waals surface area (Å²) < 4.78 is 0. The van der Waals surface area contributed by atoms with Crippen LogP contribution in [0.3, 0.4) is 0 Å². The fraction of sp³-hybridized carbons (Fsp3) is 0.250. The van der Waals surface area contributed by atoms with E-state index in [1.807, 2.05) is 12.1 Å². The van der Waals surface area contributed by atoms with Crippen molar-refractivity contribution in [1.82, 2.24) is 0 Å². The second kappa shape index (κ2) is 7.77. The molecule has 0 atom stereocenters. The predicted octanol–water partition coefficient (Wildman–Crippen LogP) is 4.02. The summed E-state index contributed by atoms with van der Waals surface area (Å²) in [5.41, 5.74) is 3.19. The van der Waals surface area contributed by atoms with Gasteiger partial charge in [-0.2, -0.15) is 0 Å². The average molecular weight is 322 g/mol. The van der Waals surface area contributed by atoms with Gasteiger partial charge >= 0.3 is 0 Å². The summed E-state index contributed by atoms with van der Waals surface area (Å²) in [6, 6.07) is 14.5. The first kappa shape index (κ1) is 17.9. The molecule has 0 aliphatic carbocycles. The van der Waals surface area contributed by atoms with Crippen molar-refractivity contribution in [2.45, 2.75) is 26.3 Å². The van der Waals surface area contributed by atoms with E-state index in [0.29, 0.717) is 12.5 Å². The maximum Gasteiger partial charge on any atom is 0.269 e. The number of nitrogens with zero attached hydrogens (tertiary/aromatic N) is 2. The van der Waals surface area contributed by atoms with Gasteiger partial charge in [0.1, 0.15) is 0 Å². The lowest BCUT2D eigenvalue weighted by Crippen LogP contribution is -2.29. The van der Waals surface area contributed by atoms with E-state index in [-0.39, 0.29) is 18.1 Å². The molecule has 2 aromatic carbocycles. The van der Waals surface area contributed by atoms with Gasteiger partial charge in [0.2, 0.25) is 0 Å². The molecule has 6 heteroatoms. The number of benzene rings is 2. The maximum absolute atomic E-state index is 10.6. The summed E-state index contributed by atoms with van der Waals surface area (Å²) in [6.07, 6.45) is 0. The number of hydrogen-bond acceptors (Lipinski definition) is 4. The number of nitro benzene ring substituents is 1. The Balaban J connectivity index is 0.00000242. The molecule has 2 N–H and O–H groups in total. The highest BCUT2D eigenvalue weighted by atomic mass is 35.5. The lowest BCUT2D eigenvalue weighted by Gasteiger charge is -2.19. The normalized spacial score (nSPS) is 10.2. The first-order chi connectivity index (χ1) is 9.97. The molecule has 0 unspecified atom stereocenters. The number of nitrogens with two attached hydrogens (primary N) is 1. The Morgan fingerprint density at radius 2 is 1.64 bits per heavy atom. The molecule has 0 spiro atoms. The van der Waals surface area contributed by atoms with E-state index in [1.54, 1.807) is 17.1 Å². The van der Waals surface area contributed by atoms with E-state index in [1.165, 1.54) is 17.7 Å². The smallest absolute Gasteiger partial charge is 0.269 e. The Morgan fingerprint density at radius 1 is 1.09 bits per heavy atom. The quantitative estimate of drug-likeness (QED) is 0.513. The van der Waals surface area contributed by atoms with Crippen LogP contribution in [0.1, 0.15) is 30.9 Å². The second-order valence-electron chi connectivity index (χ2n) is 5.30. The third kappa shape index (κ3) is 4.44. The number of hydrogen-bond donors (Lipinski definition) is 1. The van der Waals surface area contributed by atoms with Crippen molar-refractivity contribution in [2.24, 2.45) is 5.84 Å². The maximum atomic E-state index is 10.6. The van der Waals surface area contributed by atoms with E-state index in [4.69, 9.17) is 5.84 Å². The summed E-state index contributed by atoms with van der Waals surface area (Å²) >= 11 is 0. The number of non-ortho nitro benzene ring substituents is 1. The van der Waals surface area contributed by atoms with E-state index in [9.17, 15) is 10.1 Å². The molecule has 2 rings (SSSR count). The van der Waals surface area contributed by atoms with Crippen LogP contribution in [0.4, 0.5) is 11.4 Å². The highest BCUT2D eigenvalue weighted by molar-refractivity contribution is 5.85. The first-order valence-corrected chi connectivity index (χ1v) is 6.83. The summed E-state index contributed by atoms with van der Waals surface area (Å²) in [5, 5.41) is 12.2. The Morgan fingerprint density at radius 3 is 2.09 bits per heavy atom. The summed E-state index contributed by atoms with van der Waals surface area (Å²) in [6.45, 7) is 4.79. The van der Waals surface area contributed by atoms with Crippen molar-refractivity contribution in [2.75, 3.05) is 5.01 Å². The Hall–Kier alpha value is -2.11. The van der Waals surface area contributed by atoms with Crippen LogP contribution < -0.4 is 10.9 Å². The molecule has 2 aromatic rings. The second-order valence-corrected chi connectivity index (χ2v) is 5.30. The van der Waals surface area contributed by atoms with Crippen LogP contribution in [-0.4, -0.2) is 4.92 Å². The van der Waals surface area contributed by atoms with Crippen LogP contribution in [0.25, 0.3) is 0 Å². The molecule has 0 amide bonds. The fourth-order valence-corrected chi connectivity index (χ4v) is 2.06. The molecular formula is C16H20ClN3O2. The third-order valence-electron chi connectivity index (χ3n) is 3.39. The molecule has 0 aliphatic rings. The van der Waals surface area contributed by atoms with Crippen molar-refractivity contribution in [3.8, 4) is 0 Å². The van der Waals surface area contributed by atoms with Crippen LogP contribution in [0.5, 0.6) is 0 Å². The average Bonchev–Trinajstić information content (AvgIpc) is 2.47. The minimum absolute atomic E-state index is 0. The number of rotatable bonds is 5. The molecule has 5 nitrogen and oxygen atoms in total. The molecule has 0 fully saturated rings. The van der Waals surface area contributed by atoms with Crippen molar-refractivity contribution in [3.63, 3.8) is 0 Å². The van der Waals surface area contributed by atoms with Crippen LogP contribution in [-0.2, 0) is 6.54 Å². The molecule has 0 radical (unpaired) electrons. The fourth-order valence-electron chi connectivity index (χ4n) is 2.06. The molecule has 118 valence electrons. The standard InChI is InChI=1S/C16H19N3O2.ClH/c1-12(2)14-5-9-15(10-6-14)18(17)11-13-3-7-16(8-4-13)19(20)21;/h3-10,12H,11,17H2,1-2H3;1H. The Kier molecular flexibility index (Phi) is 6.34. The zero-order valence-electron chi connectivity index (χ0n) is 12.6. The molecule has 0 saturated heterocycles. The Labute approximate surface area is 136 Å². The first-order valence-electron chi connectivity index (χ1n) is 6.83. The molecule has 22 heavy (non-hydrogen) atoms.